The van der Waals surface area contributed by atoms with Crippen LogP contribution in [0, 0.1) is 6.92 Å². The standard InChI is InChI=1S/C26H25F3N4O2S/c1-3-20-15-32(8-9-35-20)25-31-24(34)23(36-25)12-17-5-7-22-19(11-17)13-30-33(22)14-18-6-4-16(2)10-21(18)26(27,28)29/h4-7,10-13,20H,3,8-9,14-15H2,1-2H3/b23-12-/t20-/m1/s1. The monoisotopic (exact) mass is 514 g/mol. The molecule has 1 fully saturated rings. The van der Waals surface area contributed by atoms with Crippen LogP contribution in [-0.4, -0.2) is 51.6 Å². The second-order valence-electron chi connectivity index (χ2n) is 8.94. The second-order valence-corrected chi connectivity index (χ2v) is 9.95. The van der Waals surface area contributed by atoms with Gasteiger partial charge in [-0.2, -0.15) is 23.3 Å². The normalized spacial score (nSPS) is 20.0. The number of aromatic nitrogens is 2. The molecule has 36 heavy (non-hydrogen) atoms. The third kappa shape index (κ3) is 5.05. The van der Waals surface area contributed by atoms with Gasteiger partial charge in [-0.05, 0) is 60.5 Å². The van der Waals surface area contributed by atoms with Crippen LogP contribution in [0.3, 0.4) is 0 Å². The molecule has 0 saturated carbocycles. The number of halogens is 3. The second kappa shape index (κ2) is 9.74. The van der Waals surface area contributed by atoms with Gasteiger partial charge in [0.2, 0.25) is 0 Å². The number of ether oxygens (including phenoxy) is 1. The maximum Gasteiger partial charge on any atom is 0.416 e. The molecule has 1 atom stereocenters. The number of carbonyl (C=O) groups is 1. The van der Waals surface area contributed by atoms with Crippen LogP contribution in [0.4, 0.5) is 13.2 Å². The number of fused-ring (bicyclic) bond motifs is 1. The molecule has 0 spiro atoms. The molecule has 1 amide bonds. The van der Waals surface area contributed by atoms with Crippen molar-refractivity contribution in [2.45, 2.75) is 39.1 Å². The Hall–Kier alpha value is -3.11. The average Bonchev–Trinajstić information content (AvgIpc) is 3.42. The summed E-state index contributed by atoms with van der Waals surface area (Å²) in [6.07, 6.45) is 0.0220. The largest absolute Gasteiger partial charge is 0.416 e. The summed E-state index contributed by atoms with van der Waals surface area (Å²) >= 11 is 1.35. The lowest BCUT2D eigenvalue weighted by molar-refractivity contribution is -0.138. The molecular weight excluding hydrogens is 489 g/mol. The first kappa shape index (κ1) is 24.6. The molecule has 1 saturated heterocycles. The van der Waals surface area contributed by atoms with Crippen LogP contribution < -0.4 is 0 Å². The number of aryl methyl sites for hydroxylation is 1. The third-order valence-electron chi connectivity index (χ3n) is 6.33. The van der Waals surface area contributed by atoms with Crippen molar-refractivity contribution in [3.8, 4) is 0 Å². The molecule has 188 valence electrons. The van der Waals surface area contributed by atoms with E-state index in [1.54, 1.807) is 29.9 Å². The molecular formula is C26H25F3N4O2S. The minimum atomic E-state index is -4.44. The number of hydrogen-bond acceptors (Lipinski definition) is 5. The third-order valence-corrected chi connectivity index (χ3v) is 7.37. The molecule has 0 unspecified atom stereocenters. The van der Waals surface area contributed by atoms with Crippen LogP contribution in [0.1, 0.15) is 35.6 Å². The average molecular weight is 515 g/mol. The molecule has 0 bridgehead atoms. The van der Waals surface area contributed by atoms with Gasteiger partial charge in [0.1, 0.15) is 0 Å². The summed E-state index contributed by atoms with van der Waals surface area (Å²) in [5.41, 5.74) is 1.58. The van der Waals surface area contributed by atoms with Crippen LogP contribution in [0.25, 0.3) is 17.0 Å². The number of carbonyl (C=O) groups excluding carboxylic acids is 1. The summed E-state index contributed by atoms with van der Waals surface area (Å²) in [5, 5.41) is 5.80. The Bertz CT molecular complexity index is 1380. The molecule has 3 heterocycles. The van der Waals surface area contributed by atoms with E-state index in [-0.39, 0.29) is 24.1 Å². The number of rotatable bonds is 4. The van der Waals surface area contributed by atoms with Gasteiger partial charge in [0.05, 0.1) is 41.4 Å². The predicted molar refractivity (Wildman–Crippen MR) is 135 cm³/mol. The van der Waals surface area contributed by atoms with Gasteiger partial charge in [0, 0.05) is 18.5 Å². The summed E-state index contributed by atoms with van der Waals surface area (Å²) in [6, 6.07) is 9.86. The van der Waals surface area contributed by atoms with Gasteiger partial charge in [-0.3, -0.25) is 9.48 Å². The lowest BCUT2D eigenvalue weighted by atomic mass is 10.0. The van der Waals surface area contributed by atoms with Crippen molar-refractivity contribution in [2.75, 3.05) is 19.7 Å². The Morgan fingerprint density at radius 3 is 2.83 bits per heavy atom. The van der Waals surface area contributed by atoms with Gasteiger partial charge < -0.3 is 9.64 Å². The van der Waals surface area contributed by atoms with E-state index >= 15 is 0 Å². The van der Waals surface area contributed by atoms with Gasteiger partial charge in [-0.25, -0.2) is 0 Å². The van der Waals surface area contributed by atoms with Crippen molar-refractivity contribution in [2.24, 2.45) is 4.99 Å². The number of benzene rings is 2. The van der Waals surface area contributed by atoms with E-state index in [1.807, 2.05) is 18.2 Å². The molecule has 2 aliphatic rings. The van der Waals surface area contributed by atoms with Gasteiger partial charge in [-0.15, -0.1) is 0 Å². The minimum absolute atomic E-state index is 0.00288. The van der Waals surface area contributed by atoms with E-state index in [0.717, 1.165) is 23.4 Å². The Kier molecular flexibility index (Phi) is 6.65. The maximum absolute atomic E-state index is 13.5. The Morgan fingerprint density at radius 2 is 2.06 bits per heavy atom. The summed E-state index contributed by atoms with van der Waals surface area (Å²) in [6.45, 7) is 5.74. The lowest BCUT2D eigenvalue weighted by Gasteiger charge is -2.33. The first-order valence-electron chi connectivity index (χ1n) is 11.7. The number of thioether (sulfide) groups is 1. The highest BCUT2D eigenvalue weighted by Gasteiger charge is 2.33. The van der Waals surface area contributed by atoms with Crippen molar-refractivity contribution >= 4 is 39.8 Å². The highest BCUT2D eigenvalue weighted by Crippen LogP contribution is 2.34. The number of morpholine rings is 1. The Labute approximate surface area is 210 Å². The number of alkyl halides is 3. The number of amidine groups is 1. The van der Waals surface area contributed by atoms with Gasteiger partial charge in [0.15, 0.2) is 5.17 Å². The minimum Gasteiger partial charge on any atom is -0.375 e. The highest BCUT2D eigenvalue weighted by atomic mass is 32.2. The summed E-state index contributed by atoms with van der Waals surface area (Å²) in [4.78, 5) is 19.4. The van der Waals surface area contributed by atoms with Crippen molar-refractivity contribution in [3.05, 3.63) is 69.8 Å². The van der Waals surface area contributed by atoms with Crippen molar-refractivity contribution in [3.63, 3.8) is 0 Å². The quantitative estimate of drug-likeness (QED) is 0.431. The van der Waals surface area contributed by atoms with E-state index in [4.69, 9.17) is 4.74 Å². The van der Waals surface area contributed by atoms with E-state index in [2.05, 4.69) is 21.9 Å². The zero-order chi connectivity index (χ0) is 25.4. The SMILES string of the molecule is CC[C@@H]1CN(C2=NC(=O)/C(=C/c3ccc4c(cnn4Cc4ccc(C)cc4C(F)(F)F)c3)S2)CCO1. The van der Waals surface area contributed by atoms with Crippen LogP contribution in [-0.2, 0) is 22.3 Å². The Balaban J connectivity index is 1.35. The fourth-order valence-electron chi connectivity index (χ4n) is 4.40. The number of hydrogen-bond donors (Lipinski definition) is 0. The molecule has 2 aliphatic heterocycles. The maximum atomic E-state index is 13.5. The van der Waals surface area contributed by atoms with Gasteiger partial charge >= 0.3 is 6.18 Å². The van der Waals surface area contributed by atoms with Crippen molar-refractivity contribution in [1.82, 2.24) is 14.7 Å². The number of aliphatic imine (C=N–C) groups is 1. The molecule has 0 N–H and O–H groups in total. The molecule has 3 aromatic rings. The summed E-state index contributed by atoms with van der Waals surface area (Å²) in [7, 11) is 0. The lowest BCUT2D eigenvalue weighted by Crippen LogP contribution is -2.44. The van der Waals surface area contributed by atoms with Crippen molar-refractivity contribution in [1.29, 1.82) is 0 Å². The van der Waals surface area contributed by atoms with Crippen molar-refractivity contribution < 1.29 is 22.7 Å². The molecule has 0 aliphatic carbocycles. The summed E-state index contributed by atoms with van der Waals surface area (Å²) in [5.74, 6) is -0.274. The number of amides is 1. The van der Waals surface area contributed by atoms with Crippen LogP contribution in [0.2, 0.25) is 0 Å². The van der Waals surface area contributed by atoms with E-state index in [1.165, 1.54) is 17.8 Å². The molecule has 2 aromatic carbocycles. The highest BCUT2D eigenvalue weighted by molar-refractivity contribution is 8.18. The first-order valence-corrected chi connectivity index (χ1v) is 12.5. The van der Waals surface area contributed by atoms with E-state index in [9.17, 15) is 18.0 Å². The van der Waals surface area contributed by atoms with Gasteiger partial charge in [-0.1, -0.05) is 30.7 Å². The molecule has 10 heteroatoms. The summed E-state index contributed by atoms with van der Waals surface area (Å²) < 4.78 is 47.9. The molecule has 1 aromatic heterocycles. The first-order chi connectivity index (χ1) is 17.2. The molecule has 5 rings (SSSR count). The van der Waals surface area contributed by atoms with E-state index in [0.29, 0.717) is 40.8 Å². The van der Waals surface area contributed by atoms with Crippen LogP contribution in [0.15, 0.2) is 52.5 Å². The molecule has 0 radical (unpaired) electrons. The number of nitrogens with zero attached hydrogens (tertiary/aromatic N) is 4. The fraction of sp³-hybridized carbons (Fsp3) is 0.346. The van der Waals surface area contributed by atoms with Gasteiger partial charge in [0.25, 0.3) is 5.91 Å². The predicted octanol–water partition coefficient (Wildman–Crippen LogP) is 5.49. The fourth-order valence-corrected chi connectivity index (χ4v) is 5.35. The molecule has 6 nitrogen and oxygen atoms in total. The smallest absolute Gasteiger partial charge is 0.375 e. The Morgan fingerprint density at radius 1 is 1.22 bits per heavy atom. The van der Waals surface area contributed by atoms with Crippen LogP contribution >= 0.6 is 11.8 Å². The van der Waals surface area contributed by atoms with Crippen LogP contribution in [0.5, 0.6) is 0 Å². The zero-order valence-corrected chi connectivity index (χ0v) is 20.7. The van der Waals surface area contributed by atoms with E-state index < -0.39 is 11.7 Å². The topological polar surface area (TPSA) is 59.7 Å². The zero-order valence-electron chi connectivity index (χ0n) is 19.9.